The van der Waals surface area contributed by atoms with Crippen LogP contribution in [-0.2, 0) is 6.42 Å². The van der Waals surface area contributed by atoms with Crippen molar-refractivity contribution in [2.45, 2.75) is 12.7 Å². The molecule has 0 spiro atoms. The fourth-order valence-electron chi connectivity index (χ4n) is 1.88. The largest absolute Gasteiger partial charge is 0.446 e. The normalized spacial score (nSPS) is 18.9. The van der Waals surface area contributed by atoms with Crippen LogP contribution in [0.25, 0.3) is 0 Å². The third-order valence-electron chi connectivity index (χ3n) is 2.72. The molecule has 0 aliphatic carbocycles. The Morgan fingerprint density at radius 2 is 2.20 bits per heavy atom. The third-order valence-corrected chi connectivity index (χ3v) is 2.72. The molecular weight excluding hydrogens is 262 g/mol. The van der Waals surface area contributed by atoms with Crippen molar-refractivity contribution in [3.63, 3.8) is 0 Å². The number of urea groups is 1. The van der Waals surface area contributed by atoms with E-state index in [0.717, 1.165) is 11.1 Å². The van der Waals surface area contributed by atoms with Crippen molar-refractivity contribution in [3.05, 3.63) is 23.3 Å². The molecule has 102 valence electrons. The molecule has 2 amide bonds. The number of carbonyl (C=O) groups is 1. The Labute approximate surface area is 114 Å². The van der Waals surface area contributed by atoms with Crippen LogP contribution in [0, 0.1) is 0 Å². The summed E-state index contributed by atoms with van der Waals surface area (Å²) in [6.45, 7) is 0. The maximum absolute atomic E-state index is 10.5. The average molecular weight is 273 g/mol. The topological polar surface area (TPSA) is 111 Å². The van der Waals surface area contributed by atoms with Gasteiger partial charge in [-0.25, -0.2) is 10.2 Å². The van der Waals surface area contributed by atoms with E-state index >= 15 is 0 Å². The third kappa shape index (κ3) is 2.44. The molecule has 0 saturated carbocycles. The van der Waals surface area contributed by atoms with E-state index in [0.29, 0.717) is 17.9 Å². The Morgan fingerprint density at radius 3 is 3.00 bits per heavy atom. The van der Waals surface area contributed by atoms with Crippen LogP contribution >= 0.6 is 0 Å². The van der Waals surface area contributed by atoms with Gasteiger partial charge in [0.05, 0.1) is 6.21 Å². The Morgan fingerprint density at radius 1 is 1.40 bits per heavy atom. The number of nitrogens with one attached hydrogen (secondary N) is 1. The van der Waals surface area contributed by atoms with Gasteiger partial charge in [-0.2, -0.15) is 15.3 Å². The van der Waals surface area contributed by atoms with Crippen LogP contribution in [0.5, 0.6) is 11.5 Å². The van der Waals surface area contributed by atoms with E-state index in [2.05, 4.69) is 20.7 Å². The molecule has 1 aromatic rings. The van der Waals surface area contributed by atoms with Gasteiger partial charge in [0.15, 0.2) is 11.5 Å². The van der Waals surface area contributed by atoms with Crippen molar-refractivity contribution in [2.24, 2.45) is 21.0 Å². The molecule has 0 fully saturated rings. The van der Waals surface area contributed by atoms with Gasteiger partial charge in [0.1, 0.15) is 6.21 Å². The zero-order valence-electron chi connectivity index (χ0n) is 10.3. The van der Waals surface area contributed by atoms with Crippen LogP contribution in [-0.4, -0.2) is 31.0 Å². The predicted molar refractivity (Wildman–Crippen MR) is 72.5 cm³/mol. The van der Waals surface area contributed by atoms with Gasteiger partial charge < -0.3 is 15.2 Å². The summed E-state index contributed by atoms with van der Waals surface area (Å²) >= 11 is 0. The number of fused-ring (bicyclic) bond motifs is 2. The fourth-order valence-corrected chi connectivity index (χ4v) is 1.88. The second-order valence-electron chi connectivity index (χ2n) is 4.10. The Balaban J connectivity index is 1.77. The maximum Gasteiger partial charge on any atom is 0.332 e. The highest BCUT2D eigenvalue weighted by Crippen LogP contribution is 2.36. The Kier molecular flexibility index (Phi) is 3.04. The number of carbonyl (C=O) groups excluding carboxylic acids is 1. The van der Waals surface area contributed by atoms with E-state index < -0.39 is 12.3 Å². The SMILES string of the molecule is NC(=O)NN=CC1Oc2cc3c(cc2O1)CC=NN=C3. The van der Waals surface area contributed by atoms with Crippen LogP contribution in [0.2, 0.25) is 0 Å². The number of nitrogens with two attached hydrogens (primary N) is 1. The molecule has 2 aliphatic heterocycles. The number of primary amides is 1. The number of rotatable bonds is 2. The van der Waals surface area contributed by atoms with Crippen molar-refractivity contribution < 1.29 is 14.3 Å². The molecule has 0 aromatic heterocycles. The lowest BCUT2D eigenvalue weighted by molar-refractivity contribution is 0.118. The summed E-state index contributed by atoms with van der Waals surface area (Å²) in [4.78, 5) is 10.5. The minimum absolute atomic E-state index is 0.590. The van der Waals surface area contributed by atoms with Gasteiger partial charge in [-0.05, 0) is 17.7 Å². The van der Waals surface area contributed by atoms with E-state index in [4.69, 9.17) is 15.2 Å². The van der Waals surface area contributed by atoms with Gasteiger partial charge in [-0.15, -0.1) is 0 Å². The average Bonchev–Trinajstić information content (AvgIpc) is 2.64. The number of hydrogen-bond acceptors (Lipinski definition) is 6. The number of hydrazone groups is 1. The molecule has 0 bridgehead atoms. The first kappa shape index (κ1) is 12.2. The predicted octanol–water partition coefficient (Wildman–Crippen LogP) is 0.399. The summed E-state index contributed by atoms with van der Waals surface area (Å²) in [5.41, 5.74) is 8.93. The zero-order chi connectivity index (χ0) is 13.9. The first-order valence-corrected chi connectivity index (χ1v) is 5.86. The van der Waals surface area contributed by atoms with Crippen LogP contribution in [0.4, 0.5) is 4.79 Å². The lowest BCUT2D eigenvalue weighted by Gasteiger charge is -2.03. The molecule has 0 radical (unpaired) electrons. The minimum Gasteiger partial charge on any atom is -0.446 e. The smallest absolute Gasteiger partial charge is 0.332 e. The van der Waals surface area contributed by atoms with Crippen molar-refractivity contribution in [3.8, 4) is 11.5 Å². The number of benzene rings is 1. The Bertz CT molecular complexity index is 638. The van der Waals surface area contributed by atoms with E-state index in [1.54, 1.807) is 12.4 Å². The number of ether oxygens (including phenoxy) is 2. The standard InChI is InChI=1S/C12H11N5O3/c13-12(18)17-16-6-11-19-9-3-7-1-2-14-15-5-8(7)4-10(9)20-11/h2-6,11H,1H2,(H3,13,17,18). The highest BCUT2D eigenvalue weighted by Gasteiger charge is 2.24. The van der Waals surface area contributed by atoms with E-state index in [1.807, 2.05) is 12.1 Å². The second kappa shape index (κ2) is 5.00. The molecule has 2 heterocycles. The van der Waals surface area contributed by atoms with Gasteiger partial charge in [-0.1, -0.05) is 0 Å². The highest BCUT2D eigenvalue weighted by molar-refractivity contribution is 5.86. The van der Waals surface area contributed by atoms with Gasteiger partial charge in [0, 0.05) is 18.2 Å². The van der Waals surface area contributed by atoms with Crippen LogP contribution in [0.15, 0.2) is 27.4 Å². The van der Waals surface area contributed by atoms with Gasteiger partial charge in [0.25, 0.3) is 6.29 Å². The van der Waals surface area contributed by atoms with Gasteiger partial charge >= 0.3 is 6.03 Å². The molecule has 8 heteroatoms. The summed E-state index contributed by atoms with van der Waals surface area (Å²) < 4.78 is 11.1. The Hall–Kier alpha value is -2.90. The van der Waals surface area contributed by atoms with Crippen LogP contribution < -0.4 is 20.6 Å². The number of nitrogens with zero attached hydrogens (tertiary/aromatic N) is 3. The molecule has 1 unspecified atom stereocenters. The lowest BCUT2D eigenvalue weighted by atomic mass is 10.1. The van der Waals surface area contributed by atoms with E-state index in [9.17, 15) is 4.79 Å². The van der Waals surface area contributed by atoms with Gasteiger partial charge in [0.2, 0.25) is 0 Å². The maximum atomic E-state index is 10.5. The molecule has 8 nitrogen and oxygen atoms in total. The monoisotopic (exact) mass is 273 g/mol. The van der Waals surface area contributed by atoms with Crippen molar-refractivity contribution in [1.29, 1.82) is 0 Å². The molecule has 3 rings (SSSR count). The quantitative estimate of drug-likeness (QED) is 0.600. The molecule has 20 heavy (non-hydrogen) atoms. The van der Waals surface area contributed by atoms with Crippen molar-refractivity contribution in [2.75, 3.05) is 0 Å². The molecular formula is C12H11N5O3. The summed E-state index contributed by atoms with van der Waals surface area (Å²) in [5.74, 6) is 1.20. The summed E-state index contributed by atoms with van der Waals surface area (Å²) in [7, 11) is 0. The number of amides is 2. The second-order valence-corrected chi connectivity index (χ2v) is 4.10. The zero-order valence-corrected chi connectivity index (χ0v) is 10.3. The summed E-state index contributed by atoms with van der Waals surface area (Å²) in [6.07, 6.45) is 4.67. The molecule has 1 atom stereocenters. The molecule has 1 aromatic carbocycles. The molecule has 0 saturated heterocycles. The van der Waals surface area contributed by atoms with Crippen LogP contribution in [0.1, 0.15) is 11.1 Å². The van der Waals surface area contributed by atoms with E-state index in [1.165, 1.54) is 6.21 Å². The lowest BCUT2D eigenvalue weighted by Crippen LogP contribution is -2.27. The molecule has 2 aliphatic rings. The first-order valence-electron chi connectivity index (χ1n) is 5.86. The van der Waals surface area contributed by atoms with Crippen LogP contribution in [0.3, 0.4) is 0 Å². The number of hydrogen-bond donors (Lipinski definition) is 2. The first-order chi connectivity index (χ1) is 9.72. The van der Waals surface area contributed by atoms with Crippen molar-refractivity contribution in [1.82, 2.24) is 5.43 Å². The van der Waals surface area contributed by atoms with Crippen molar-refractivity contribution >= 4 is 24.7 Å². The fraction of sp³-hybridized carbons (Fsp3) is 0.167. The summed E-state index contributed by atoms with van der Waals surface area (Å²) in [5, 5.41) is 11.3. The highest BCUT2D eigenvalue weighted by atomic mass is 16.7. The summed E-state index contributed by atoms with van der Waals surface area (Å²) in [6, 6.07) is 2.96. The minimum atomic E-state index is -0.751. The van der Waals surface area contributed by atoms with Gasteiger partial charge in [-0.3, -0.25) is 0 Å². The molecule has 3 N–H and O–H groups in total. The van der Waals surface area contributed by atoms with E-state index in [-0.39, 0.29) is 0 Å².